The Hall–Kier alpha value is -2.20. The maximum absolute atomic E-state index is 12.1. The highest BCUT2D eigenvalue weighted by Crippen LogP contribution is 2.27. The molecule has 116 valence electrons. The van der Waals surface area contributed by atoms with Crippen molar-refractivity contribution < 1.29 is 9.53 Å². The van der Waals surface area contributed by atoms with E-state index in [-0.39, 0.29) is 11.9 Å². The summed E-state index contributed by atoms with van der Waals surface area (Å²) in [6.45, 7) is 2.31. The first kappa shape index (κ1) is 16.2. The van der Waals surface area contributed by atoms with Gasteiger partial charge >= 0.3 is 0 Å². The molecule has 0 saturated carbocycles. The van der Waals surface area contributed by atoms with E-state index < -0.39 is 0 Å². The highest BCUT2D eigenvalue weighted by atomic mass is 35.5. The first-order valence-corrected chi connectivity index (χ1v) is 7.39. The third-order valence-electron chi connectivity index (χ3n) is 3.24. The van der Waals surface area contributed by atoms with Gasteiger partial charge in [0, 0.05) is 12.2 Å². The largest absolute Gasteiger partial charge is 0.495 e. The Labute approximate surface area is 135 Å². The van der Waals surface area contributed by atoms with Crippen molar-refractivity contribution in [3.8, 4) is 5.75 Å². The Morgan fingerprint density at radius 2 is 1.95 bits per heavy atom. The van der Waals surface area contributed by atoms with Crippen molar-refractivity contribution in [2.75, 3.05) is 12.4 Å². The molecule has 5 heteroatoms. The van der Waals surface area contributed by atoms with E-state index in [9.17, 15) is 4.79 Å². The highest BCUT2D eigenvalue weighted by molar-refractivity contribution is 6.32. The van der Waals surface area contributed by atoms with Crippen LogP contribution < -0.4 is 15.4 Å². The van der Waals surface area contributed by atoms with Gasteiger partial charge in [-0.05, 0) is 30.7 Å². The SMILES string of the molecule is COc1ccc(NC(C)C(=O)NCc2ccccc2)cc1Cl. The van der Waals surface area contributed by atoms with Gasteiger partial charge in [0.05, 0.1) is 12.1 Å². The molecule has 1 unspecified atom stereocenters. The Bertz CT molecular complexity index is 632. The number of methoxy groups -OCH3 is 1. The molecule has 0 spiro atoms. The fraction of sp³-hybridized carbons (Fsp3) is 0.235. The lowest BCUT2D eigenvalue weighted by atomic mass is 10.2. The maximum atomic E-state index is 12.1. The fourth-order valence-electron chi connectivity index (χ4n) is 2.01. The number of hydrogen-bond donors (Lipinski definition) is 2. The lowest BCUT2D eigenvalue weighted by Crippen LogP contribution is -2.37. The molecular formula is C17H19ClN2O2. The second-order valence-corrected chi connectivity index (χ2v) is 5.33. The zero-order valence-corrected chi connectivity index (χ0v) is 13.4. The van der Waals surface area contributed by atoms with E-state index in [2.05, 4.69) is 10.6 Å². The van der Waals surface area contributed by atoms with Crippen LogP contribution in [0.5, 0.6) is 5.75 Å². The summed E-state index contributed by atoms with van der Waals surface area (Å²) in [5, 5.41) is 6.52. The normalized spacial score (nSPS) is 11.6. The maximum Gasteiger partial charge on any atom is 0.242 e. The molecule has 1 atom stereocenters. The molecule has 0 aliphatic carbocycles. The van der Waals surface area contributed by atoms with Crippen LogP contribution in [0.15, 0.2) is 48.5 Å². The summed E-state index contributed by atoms with van der Waals surface area (Å²) in [5.74, 6) is 0.532. The van der Waals surface area contributed by atoms with Crippen molar-refractivity contribution in [1.82, 2.24) is 5.32 Å². The first-order chi connectivity index (χ1) is 10.6. The quantitative estimate of drug-likeness (QED) is 0.857. The summed E-state index contributed by atoms with van der Waals surface area (Å²) in [7, 11) is 1.56. The molecule has 4 nitrogen and oxygen atoms in total. The molecule has 0 radical (unpaired) electrons. The van der Waals surface area contributed by atoms with E-state index in [0.29, 0.717) is 17.3 Å². The van der Waals surface area contributed by atoms with Crippen molar-refractivity contribution in [3.05, 3.63) is 59.1 Å². The minimum Gasteiger partial charge on any atom is -0.495 e. The van der Waals surface area contributed by atoms with Gasteiger partial charge in [0.25, 0.3) is 0 Å². The Morgan fingerprint density at radius 1 is 1.23 bits per heavy atom. The summed E-state index contributed by atoms with van der Waals surface area (Å²) in [5.41, 5.74) is 1.84. The molecule has 2 aromatic rings. The predicted molar refractivity (Wildman–Crippen MR) is 89.4 cm³/mol. The number of carbonyl (C=O) groups is 1. The van der Waals surface area contributed by atoms with Crippen LogP contribution in [-0.2, 0) is 11.3 Å². The number of amides is 1. The van der Waals surface area contributed by atoms with Gasteiger partial charge in [-0.1, -0.05) is 41.9 Å². The predicted octanol–water partition coefficient (Wildman–Crippen LogP) is 3.47. The van der Waals surface area contributed by atoms with Gasteiger partial charge < -0.3 is 15.4 Å². The minimum atomic E-state index is -0.367. The number of nitrogens with one attached hydrogen (secondary N) is 2. The molecule has 2 rings (SSSR count). The average molecular weight is 319 g/mol. The number of halogens is 1. The summed E-state index contributed by atoms with van der Waals surface area (Å²) in [6.07, 6.45) is 0. The second-order valence-electron chi connectivity index (χ2n) is 4.92. The molecular weight excluding hydrogens is 300 g/mol. The van der Waals surface area contributed by atoms with Gasteiger partial charge in [-0.15, -0.1) is 0 Å². The molecule has 0 fully saturated rings. The average Bonchev–Trinajstić information content (AvgIpc) is 2.53. The summed E-state index contributed by atoms with van der Waals surface area (Å²) >= 11 is 6.07. The van der Waals surface area contributed by atoms with Crippen molar-refractivity contribution in [2.45, 2.75) is 19.5 Å². The van der Waals surface area contributed by atoms with E-state index in [1.54, 1.807) is 26.2 Å². The zero-order valence-electron chi connectivity index (χ0n) is 12.6. The lowest BCUT2D eigenvalue weighted by molar-refractivity contribution is -0.121. The number of benzene rings is 2. The molecule has 0 aliphatic heterocycles. The van der Waals surface area contributed by atoms with Gasteiger partial charge in [-0.3, -0.25) is 4.79 Å². The van der Waals surface area contributed by atoms with Crippen molar-refractivity contribution >= 4 is 23.2 Å². The van der Waals surface area contributed by atoms with Crippen LogP contribution >= 0.6 is 11.6 Å². The molecule has 0 saturated heterocycles. The Morgan fingerprint density at radius 3 is 2.59 bits per heavy atom. The van der Waals surface area contributed by atoms with Gasteiger partial charge in [0.1, 0.15) is 11.8 Å². The Balaban J connectivity index is 1.89. The third kappa shape index (κ3) is 4.40. The van der Waals surface area contributed by atoms with E-state index in [1.165, 1.54) is 0 Å². The van der Waals surface area contributed by atoms with Crippen molar-refractivity contribution in [1.29, 1.82) is 0 Å². The number of carbonyl (C=O) groups excluding carboxylic acids is 1. The highest BCUT2D eigenvalue weighted by Gasteiger charge is 2.13. The zero-order chi connectivity index (χ0) is 15.9. The lowest BCUT2D eigenvalue weighted by Gasteiger charge is -2.16. The number of hydrogen-bond acceptors (Lipinski definition) is 3. The number of anilines is 1. The Kier molecular flexibility index (Phi) is 5.67. The van der Waals surface area contributed by atoms with Crippen LogP contribution in [0, 0.1) is 0 Å². The van der Waals surface area contributed by atoms with Crippen molar-refractivity contribution in [3.63, 3.8) is 0 Å². The molecule has 1 amide bonds. The van der Waals surface area contributed by atoms with Crippen LogP contribution in [-0.4, -0.2) is 19.1 Å². The first-order valence-electron chi connectivity index (χ1n) is 7.02. The van der Waals surface area contributed by atoms with E-state index >= 15 is 0 Å². The summed E-state index contributed by atoms with van der Waals surface area (Å²) in [6, 6.07) is 14.7. The van der Waals surface area contributed by atoms with Gasteiger partial charge in [0.15, 0.2) is 0 Å². The fourth-order valence-corrected chi connectivity index (χ4v) is 2.27. The van der Waals surface area contributed by atoms with Gasteiger partial charge in [-0.2, -0.15) is 0 Å². The third-order valence-corrected chi connectivity index (χ3v) is 3.53. The second kappa shape index (κ2) is 7.71. The molecule has 0 aliphatic rings. The minimum absolute atomic E-state index is 0.0733. The van der Waals surface area contributed by atoms with Crippen LogP contribution in [0.3, 0.4) is 0 Å². The molecule has 2 aromatic carbocycles. The molecule has 22 heavy (non-hydrogen) atoms. The molecule has 0 heterocycles. The van der Waals surface area contributed by atoms with E-state index in [1.807, 2.05) is 36.4 Å². The molecule has 0 aromatic heterocycles. The summed E-state index contributed by atoms with van der Waals surface area (Å²) < 4.78 is 5.10. The van der Waals surface area contributed by atoms with Gasteiger partial charge in [-0.25, -0.2) is 0 Å². The van der Waals surface area contributed by atoms with Crippen LogP contribution in [0.2, 0.25) is 5.02 Å². The topological polar surface area (TPSA) is 50.4 Å². The van der Waals surface area contributed by atoms with E-state index in [4.69, 9.17) is 16.3 Å². The molecule has 0 bridgehead atoms. The monoisotopic (exact) mass is 318 g/mol. The number of ether oxygens (including phenoxy) is 1. The van der Waals surface area contributed by atoms with Gasteiger partial charge in [0.2, 0.25) is 5.91 Å². The van der Waals surface area contributed by atoms with E-state index in [0.717, 1.165) is 11.3 Å². The summed E-state index contributed by atoms with van der Waals surface area (Å²) in [4.78, 5) is 12.1. The van der Waals surface area contributed by atoms with Crippen LogP contribution in [0.4, 0.5) is 5.69 Å². The smallest absolute Gasteiger partial charge is 0.242 e. The van der Waals surface area contributed by atoms with Crippen molar-refractivity contribution in [2.24, 2.45) is 0 Å². The number of rotatable bonds is 6. The van der Waals surface area contributed by atoms with Crippen LogP contribution in [0.25, 0.3) is 0 Å². The van der Waals surface area contributed by atoms with Crippen LogP contribution in [0.1, 0.15) is 12.5 Å². The molecule has 2 N–H and O–H groups in total. The standard InChI is InChI=1S/C17H19ClN2O2/c1-12(17(21)19-11-13-6-4-3-5-7-13)20-14-8-9-16(22-2)15(18)10-14/h3-10,12,20H,11H2,1-2H3,(H,19,21).